The Morgan fingerprint density at radius 1 is 1.24 bits per heavy atom. The fraction of sp³-hybridized carbons (Fsp3) is 0.118. The molecule has 2 N–H and O–H groups in total. The van der Waals surface area contributed by atoms with Crippen molar-refractivity contribution < 1.29 is 9.18 Å². The highest BCUT2D eigenvalue weighted by Gasteiger charge is 2.12. The van der Waals surface area contributed by atoms with E-state index in [0.717, 1.165) is 10.6 Å². The Kier molecular flexibility index (Phi) is 4.41. The van der Waals surface area contributed by atoms with Crippen molar-refractivity contribution in [3.8, 4) is 0 Å². The zero-order chi connectivity index (χ0) is 18.1. The van der Waals surface area contributed by atoms with Gasteiger partial charge in [-0.15, -0.1) is 0 Å². The second kappa shape index (κ2) is 6.52. The first-order valence-electron chi connectivity index (χ1n) is 7.44. The molecule has 0 saturated carbocycles. The van der Waals surface area contributed by atoms with Crippen LogP contribution < -0.4 is 16.6 Å². The SMILES string of the molecule is CCn1c(=O)[nH]c2cc(C(=O)Nc3ccc(F)cc3Cl)ccc2c1=O. The topological polar surface area (TPSA) is 84.0 Å². The zero-order valence-corrected chi connectivity index (χ0v) is 13.9. The predicted octanol–water partition coefficient (Wildman–Crippen LogP) is 2.75. The van der Waals surface area contributed by atoms with Gasteiger partial charge < -0.3 is 10.3 Å². The molecule has 6 nitrogen and oxygen atoms in total. The van der Waals surface area contributed by atoms with Gasteiger partial charge in [0.2, 0.25) is 0 Å². The third-order valence-electron chi connectivity index (χ3n) is 3.74. The summed E-state index contributed by atoms with van der Waals surface area (Å²) in [5, 5.41) is 2.92. The van der Waals surface area contributed by atoms with E-state index in [0.29, 0.717) is 5.39 Å². The van der Waals surface area contributed by atoms with Crippen molar-refractivity contribution in [1.29, 1.82) is 0 Å². The summed E-state index contributed by atoms with van der Waals surface area (Å²) in [4.78, 5) is 39.0. The van der Waals surface area contributed by atoms with Gasteiger partial charge >= 0.3 is 5.69 Å². The number of aromatic nitrogens is 2. The molecule has 3 aromatic rings. The highest BCUT2D eigenvalue weighted by atomic mass is 35.5. The normalized spacial score (nSPS) is 10.8. The number of nitrogens with zero attached hydrogens (tertiary/aromatic N) is 1. The second-order valence-corrected chi connectivity index (χ2v) is 5.73. The van der Waals surface area contributed by atoms with Crippen LogP contribution in [0, 0.1) is 5.82 Å². The summed E-state index contributed by atoms with van der Waals surface area (Å²) >= 11 is 5.88. The summed E-state index contributed by atoms with van der Waals surface area (Å²) < 4.78 is 14.1. The number of amides is 1. The van der Waals surface area contributed by atoms with Gasteiger partial charge in [0, 0.05) is 12.1 Å². The number of fused-ring (bicyclic) bond motifs is 1. The summed E-state index contributed by atoms with van der Waals surface area (Å²) in [6, 6.07) is 7.95. The smallest absolute Gasteiger partial charge is 0.321 e. The highest BCUT2D eigenvalue weighted by Crippen LogP contribution is 2.23. The molecule has 0 spiro atoms. The molecule has 1 amide bonds. The Morgan fingerprint density at radius 2 is 2.00 bits per heavy atom. The maximum atomic E-state index is 13.1. The molecule has 0 unspecified atom stereocenters. The van der Waals surface area contributed by atoms with Crippen molar-refractivity contribution in [3.63, 3.8) is 0 Å². The number of anilines is 1. The molecule has 25 heavy (non-hydrogen) atoms. The van der Waals surface area contributed by atoms with Gasteiger partial charge in [0.15, 0.2) is 0 Å². The summed E-state index contributed by atoms with van der Waals surface area (Å²) in [7, 11) is 0. The first-order valence-corrected chi connectivity index (χ1v) is 7.81. The van der Waals surface area contributed by atoms with Crippen molar-refractivity contribution in [1.82, 2.24) is 9.55 Å². The Hall–Kier alpha value is -2.93. The summed E-state index contributed by atoms with van der Waals surface area (Å²) in [5.41, 5.74) is -0.230. The fourth-order valence-electron chi connectivity index (χ4n) is 2.47. The molecule has 0 aliphatic carbocycles. The molecule has 0 saturated heterocycles. The van der Waals surface area contributed by atoms with Crippen LogP contribution in [0.15, 0.2) is 46.0 Å². The van der Waals surface area contributed by atoms with Gasteiger partial charge in [-0.2, -0.15) is 0 Å². The van der Waals surface area contributed by atoms with Crippen LogP contribution in [0.2, 0.25) is 5.02 Å². The van der Waals surface area contributed by atoms with E-state index in [1.54, 1.807) is 6.92 Å². The minimum atomic E-state index is -0.542. The van der Waals surface area contributed by atoms with Crippen LogP contribution in [0.3, 0.4) is 0 Å². The van der Waals surface area contributed by atoms with Gasteiger partial charge in [-0.3, -0.25) is 14.2 Å². The number of hydrogen-bond acceptors (Lipinski definition) is 3. The second-order valence-electron chi connectivity index (χ2n) is 5.32. The molecular weight excluding hydrogens is 349 g/mol. The molecule has 128 valence electrons. The molecule has 0 atom stereocenters. The first kappa shape index (κ1) is 16.9. The van der Waals surface area contributed by atoms with E-state index in [4.69, 9.17) is 11.6 Å². The Morgan fingerprint density at radius 3 is 2.68 bits per heavy atom. The molecule has 0 fully saturated rings. The van der Waals surface area contributed by atoms with Crippen LogP contribution in [-0.4, -0.2) is 15.5 Å². The van der Waals surface area contributed by atoms with E-state index in [-0.39, 0.29) is 28.3 Å². The van der Waals surface area contributed by atoms with Gasteiger partial charge in [-0.05, 0) is 43.3 Å². The quantitative estimate of drug-likeness (QED) is 0.752. The van der Waals surface area contributed by atoms with Crippen molar-refractivity contribution >= 4 is 34.1 Å². The third kappa shape index (κ3) is 3.18. The maximum absolute atomic E-state index is 13.1. The minimum absolute atomic E-state index is 0.0633. The van der Waals surface area contributed by atoms with E-state index < -0.39 is 23.0 Å². The molecule has 3 rings (SSSR count). The van der Waals surface area contributed by atoms with Crippen molar-refractivity contribution in [2.24, 2.45) is 0 Å². The molecular formula is C17H13ClFN3O3. The number of nitrogens with one attached hydrogen (secondary N) is 2. The number of carbonyl (C=O) groups is 1. The molecule has 0 aliphatic rings. The molecule has 0 aliphatic heterocycles. The number of halogens is 2. The van der Waals surface area contributed by atoms with Crippen LogP contribution in [0.4, 0.5) is 10.1 Å². The number of rotatable bonds is 3. The van der Waals surface area contributed by atoms with E-state index in [9.17, 15) is 18.8 Å². The monoisotopic (exact) mass is 361 g/mol. The minimum Gasteiger partial charge on any atom is -0.321 e. The van der Waals surface area contributed by atoms with Crippen LogP contribution in [-0.2, 0) is 6.54 Å². The zero-order valence-electron chi connectivity index (χ0n) is 13.1. The number of hydrogen-bond donors (Lipinski definition) is 2. The van der Waals surface area contributed by atoms with Gasteiger partial charge in [-0.25, -0.2) is 9.18 Å². The lowest BCUT2D eigenvalue weighted by Crippen LogP contribution is -2.34. The Labute approximate surface area is 145 Å². The lowest BCUT2D eigenvalue weighted by Gasteiger charge is -2.08. The number of carbonyl (C=O) groups excluding carboxylic acids is 1. The first-order chi connectivity index (χ1) is 11.9. The van der Waals surface area contributed by atoms with E-state index >= 15 is 0 Å². The number of benzene rings is 2. The number of aromatic amines is 1. The average molecular weight is 362 g/mol. The lowest BCUT2D eigenvalue weighted by molar-refractivity contribution is 0.102. The number of H-pyrrole nitrogens is 1. The maximum Gasteiger partial charge on any atom is 0.328 e. The molecule has 1 heterocycles. The van der Waals surface area contributed by atoms with Gasteiger partial charge in [0.05, 0.1) is 21.6 Å². The van der Waals surface area contributed by atoms with E-state index in [1.165, 1.54) is 30.3 Å². The van der Waals surface area contributed by atoms with Crippen LogP contribution in [0.5, 0.6) is 0 Å². The summed E-state index contributed by atoms with van der Waals surface area (Å²) in [6.07, 6.45) is 0. The molecule has 8 heteroatoms. The molecule has 0 bridgehead atoms. The van der Waals surface area contributed by atoms with E-state index in [2.05, 4.69) is 10.3 Å². The van der Waals surface area contributed by atoms with Crippen molar-refractivity contribution in [2.45, 2.75) is 13.5 Å². The average Bonchev–Trinajstić information content (AvgIpc) is 2.57. The summed E-state index contributed by atoms with van der Waals surface area (Å²) in [5.74, 6) is -1.02. The predicted molar refractivity (Wildman–Crippen MR) is 93.9 cm³/mol. The van der Waals surface area contributed by atoms with Crippen LogP contribution in [0.1, 0.15) is 17.3 Å². The standard InChI is InChI=1S/C17H13ClFN3O3/c1-2-22-16(24)11-5-3-9(7-14(11)21-17(22)25)15(23)20-13-6-4-10(19)8-12(13)18/h3-8H,2H2,1H3,(H,20,23)(H,21,25). The summed E-state index contributed by atoms with van der Waals surface area (Å²) in [6.45, 7) is 1.94. The third-order valence-corrected chi connectivity index (χ3v) is 4.05. The molecule has 0 radical (unpaired) electrons. The van der Waals surface area contributed by atoms with Crippen LogP contribution >= 0.6 is 11.6 Å². The van der Waals surface area contributed by atoms with Gasteiger partial charge in [0.25, 0.3) is 11.5 Å². The van der Waals surface area contributed by atoms with Crippen molar-refractivity contribution in [2.75, 3.05) is 5.32 Å². The Balaban J connectivity index is 2.00. The largest absolute Gasteiger partial charge is 0.328 e. The highest BCUT2D eigenvalue weighted by molar-refractivity contribution is 6.33. The Bertz CT molecular complexity index is 1100. The van der Waals surface area contributed by atoms with Gasteiger partial charge in [-0.1, -0.05) is 11.6 Å². The molecule has 1 aromatic heterocycles. The molecule has 2 aromatic carbocycles. The van der Waals surface area contributed by atoms with Gasteiger partial charge in [0.1, 0.15) is 5.82 Å². The van der Waals surface area contributed by atoms with E-state index in [1.807, 2.05) is 0 Å². The fourth-order valence-corrected chi connectivity index (χ4v) is 2.68. The van der Waals surface area contributed by atoms with Crippen LogP contribution in [0.25, 0.3) is 10.9 Å². The van der Waals surface area contributed by atoms with Crippen molar-refractivity contribution in [3.05, 3.63) is 73.6 Å². The lowest BCUT2D eigenvalue weighted by atomic mass is 10.1.